The summed E-state index contributed by atoms with van der Waals surface area (Å²) in [6.07, 6.45) is 3.04. The van der Waals surface area contributed by atoms with Gasteiger partial charge in [0.25, 0.3) is 5.56 Å². The first-order valence-electron chi connectivity index (χ1n) is 9.47. The van der Waals surface area contributed by atoms with E-state index in [2.05, 4.69) is 15.1 Å². The molecule has 0 spiro atoms. The summed E-state index contributed by atoms with van der Waals surface area (Å²) in [4.78, 5) is 31.2. The van der Waals surface area contributed by atoms with Crippen molar-refractivity contribution in [3.63, 3.8) is 0 Å². The van der Waals surface area contributed by atoms with Crippen molar-refractivity contribution < 1.29 is 9.53 Å². The van der Waals surface area contributed by atoms with Crippen LogP contribution in [0.5, 0.6) is 0 Å². The van der Waals surface area contributed by atoms with Crippen molar-refractivity contribution in [1.29, 1.82) is 0 Å². The summed E-state index contributed by atoms with van der Waals surface area (Å²) < 4.78 is 7.08. The summed E-state index contributed by atoms with van der Waals surface area (Å²) in [5, 5.41) is 5.05. The standard InChI is InChI=1S/C23H20N4O3/c1-15-18(16(2)27(26-15)17-8-4-3-5-9-17)12-13-22(28)30-14-21-24-20-11-7-6-10-19(20)23(29)25-21/h3-13H,14H2,1-2H3,(H,24,25,29)/b13-12+. The lowest BCUT2D eigenvalue weighted by molar-refractivity contribution is -0.139. The van der Waals surface area contributed by atoms with Crippen molar-refractivity contribution in [2.75, 3.05) is 0 Å². The maximum Gasteiger partial charge on any atom is 0.331 e. The molecule has 1 N–H and O–H groups in total. The molecule has 4 rings (SSSR count). The van der Waals surface area contributed by atoms with Crippen LogP contribution in [0.4, 0.5) is 0 Å². The number of ether oxygens (including phenoxy) is 1. The molecule has 2 aromatic heterocycles. The number of H-pyrrole nitrogens is 1. The van der Waals surface area contributed by atoms with E-state index in [9.17, 15) is 9.59 Å². The predicted octanol–water partition coefficient (Wildman–Crippen LogP) is 3.48. The van der Waals surface area contributed by atoms with E-state index in [1.807, 2.05) is 48.9 Å². The van der Waals surface area contributed by atoms with Gasteiger partial charge < -0.3 is 9.72 Å². The Balaban J connectivity index is 1.47. The SMILES string of the molecule is Cc1nn(-c2ccccc2)c(C)c1/C=C/C(=O)OCc1nc2ccccc2c(=O)[nH]1. The number of hydrogen-bond acceptors (Lipinski definition) is 5. The van der Waals surface area contributed by atoms with Crippen LogP contribution in [-0.4, -0.2) is 25.7 Å². The topological polar surface area (TPSA) is 89.9 Å². The molecule has 30 heavy (non-hydrogen) atoms. The van der Waals surface area contributed by atoms with Crippen LogP contribution in [0.25, 0.3) is 22.7 Å². The number of aryl methyl sites for hydroxylation is 1. The van der Waals surface area contributed by atoms with Crippen molar-refractivity contribution in [2.45, 2.75) is 20.5 Å². The first kappa shape index (κ1) is 19.3. The van der Waals surface area contributed by atoms with Gasteiger partial charge in [0.05, 0.1) is 22.3 Å². The van der Waals surface area contributed by atoms with Crippen molar-refractivity contribution in [1.82, 2.24) is 19.7 Å². The summed E-state index contributed by atoms with van der Waals surface area (Å²) in [5.41, 5.74) is 3.83. The largest absolute Gasteiger partial charge is 0.454 e. The molecule has 7 nitrogen and oxygen atoms in total. The Morgan fingerprint density at radius 3 is 2.63 bits per heavy atom. The van der Waals surface area contributed by atoms with Gasteiger partial charge in [0.15, 0.2) is 0 Å². The summed E-state index contributed by atoms with van der Waals surface area (Å²) in [7, 11) is 0. The third kappa shape index (κ3) is 3.91. The molecule has 0 atom stereocenters. The fourth-order valence-corrected chi connectivity index (χ4v) is 3.26. The second kappa shape index (κ2) is 8.16. The zero-order valence-corrected chi connectivity index (χ0v) is 16.6. The van der Waals surface area contributed by atoms with Gasteiger partial charge in [-0.2, -0.15) is 5.10 Å². The Labute approximate surface area is 172 Å². The highest BCUT2D eigenvalue weighted by atomic mass is 16.5. The fraction of sp³-hybridized carbons (Fsp3) is 0.130. The Kier molecular flexibility index (Phi) is 5.26. The molecule has 0 amide bonds. The van der Waals surface area contributed by atoms with E-state index in [4.69, 9.17) is 4.74 Å². The van der Waals surface area contributed by atoms with E-state index < -0.39 is 5.97 Å². The van der Waals surface area contributed by atoms with Crippen molar-refractivity contribution in [2.24, 2.45) is 0 Å². The second-order valence-electron chi connectivity index (χ2n) is 6.80. The zero-order chi connectivity index (χ0) is 21.1. The minimum Gasteiger partial charge on any atom is -0.454 e. The Bertz CT molecular complexity index is 1300. The summed E-state index contributed by atoms with van der Waals surface area (Å²) >= 11 is 0. The number of carbonyl (C=O) groups is 1. The van der Waals surface area contributed by atoms with Gasteiger partial charge in [-0.25, -0.2) is 14.5 Å². The van der Waals surface area contributed by atoms with Crippen molar-refractivity contribution in [3.05, 3.63) is 93.8 Å². The molecule has 0 fully saturated rings. The van der Waals surface area contributed by atoms with Crippen LogP contribution >= 0.6 is 0 Å². The minimum absolute atomic E-state index is 0.121. The second-order valence-corrected chi connectivity index (χ2v) is 6.80. The average Bonchev–Trinajstić information content (AvgIpc) is 3.05. The first-order valence-corrected chi connectivity index (χ1v) is 9.47. The molecule has 0 bridgehead atoms. The quantitative estimate of drug-likeness (QED) is 0.409. The average molecular weight is 400 g/mol. The van der Waals surface area contributed by atoms with E-state index in [-0.39, 0.29) is 12.2 Å². The van der Waals surface area contributed by atoms with Gasteiger partial charge in [-0.3, -0.25) is 4.79 Å². The molecule has 4 aromatic rings. The smallest absolute Gasteiger partial charge is 0.331 e. The Morgan fingerprint density at radius 1 is 1.10 bits per heavy atom. The molecular weight excluding hydrogens is 380 g/mol. The molecule has 0 saturated heterocycles. The van der Waals surface area contributed by atoms with E-state index in [1.54, 1.807) is 30.3 Å². The lowest BCUT2D eigenvalue weighted by Crippen LogP contribution is -2.13. The molecule has 0 aliphatic rings. The van der Waals surface area contributed by atoms with Gasteiger partial charge in [0.1, 0.15) is 12.4 Å². The maximum atomic E-state index is 12.2. The van der Waals surface area contributed by atoms with Crippen LogP contribution in [0, 0.1) is 13.8 Å². The lowest BCUT2D eigenvalue weighted by Gasteiger charge is -2.04. The van der Waals surface area contributed by atoms with Gasteiger partial charge in [-0.15, -0.1) is 0 Å². The predicted molar refractivity (Wildman–Crippen MR) is 114 cm³/mol. The first-order chi connectivity index (χ1) is 14.5. The highest BCUT2D eigenvalue weighted by molar-refractivity contribution is 5.87. The monoisotopic (exact) mass is 400 g/mol. The van der Waals surface area contributed by atoms with Crippen LogP contribution < -0.4 is 5.56 Å². The van der Waals surface area contributed by atoms with Crippen molar-refractivity contribution >= 4 is 22.9 Å². The summed E-state index contributed by atoms with van der Waals surface area (Å²) in [5.74, 6) is -0.234. The van der Waals surface area contributed by atoms with Crippen molar-refractivity contribution in [3.8, 4) is 5.69 Å². The number of esters is 1. The molecule has 0 aliphatic heterocycles. The van der Waals surface area contributed by atoms with Gasteiger partial charge in [-0.05, 0) is 44.2 Å². The van der Waals surface area contributed by atoms with E-state index in [0.717, 1.165) is 22.6 Å². The number of hydrogen-bond donors (Lipinski definition) is 1. The Hall–Kier alpha value is -4.00. The normalized spacial score (nSPS) is 11.3. The van der Waals surface area contributed by atoms with E-state index >= 15 is 0 Å². The fourth-order valence-electron chi connectivity index (χ4n) is 3.26. The molecule has 7 heteroatoms. The van der Waals surface area contributed by atoms with Gasteiger partial charge in [-0.1, -0.05) is 30.3 Å². The Morgan fingerprint density at radius 2 is 1.83 bits per heavy atom. The number of benzene rings is 2. The van der Waals surface area contributed by atoms with Crippen LogP contribution in [-0.2, 0) is 16.1 Å². The van der Waals surface area contributed by atoms with Crippen LogP contribution in [0.2, 0.25) is 0 Å². The van der Waals surface area contributed by atoms with Gasteiger partial charge >= 0.3 is 5.97 Å². The molecule has 0 aliphatic carbocycles. The number of nitrogens with one attached hydrogen (secondary N) is 1. The number of fused-ring (bicyclic) bond motifs is 1. The van der Waals surface area contributed by atoms with E-state index in [0.29, 0.717) is 16.7 Å². The zero-order valence-electron chi connectivity index (χ0n) is 16.6. The molecule has 0 unspecified atom stereocenters. The number of carbonyl (C=O) groups excluding carboxylic acids is 1. The van der Waals surface area contributed by atoms with Crippen LogP contribution in [0.3, 0.4) is 0 Å². The van der Waals surface area contributed by atoms with Gasteiger partial charge in [0, 0.05) is 17.3 Å². The number of rotatable bonds is 5. The molecule has 2 heterocycles. The number of para-hydroxylation sites is 2. The summed E-state index contributed by atoms with van der Waals surface area (Å²) in [6.45, 7) is 3.72. The molecule has 150 valence electrons. The molecule has 0 radical (unpaired) electrons. The van der Waals surface area contributed by atoms with Crippen LogP contribution in [0.15, 0.2) is 65.5 Å². The number of aromatic nitrogens is 4. The number of aromatic amines is 1. The van der Waals surface area contributed by atoms with Crippen LogP contribution in [0.1, 0.15) is 22.8 Å². The maximum absolute atomic E-state index is 12.2. The molecule has 0 saturated carbocycles. The number of nitrogens with zero attached hydrogens (tertiary/aromatic N) is 3. The highest BCUT2D eigenvalue weighted by Gasteiger charge is 2.11. The molecule has 2 aromatic carbocycles. The summed E-state index contributed by atoms with van der Waals surface area (Å²) in [6, 6.07) is 16.8. The van der Waals surface area contributed by atoms with E-state index in [1.165, 1.54) is 6.08 Å². The third-order valence-corrected chi connectivity index (χ3v) is 4.75. The highest BCUT2D eigenvalue weighted by Crippen LogP contribution is 2.19. The molecular formula is C23H20N4O3. The minimum atomic E-state index is -0.530. The van der Waals surface area contributed by atoms with Gasteiger partial charge in [0.2, 0.25) is 0 Å². The lowest BCUT2D eigenvalue weighted by atomic mass is 10.2. The third-order valence-electron chi connectivity index (χ3n) is 4.75.